The average Bonchev–Trinajstić information content (AvgIpc) is 2.97. The topological polar surface area (TPSA) is 150 Å². The van der Waals surface area contributed by atoms with Crippen LogP contribution in [0.2, 0.25) is 0 Å². The summed E-state index contributed by atoms with van der Waals surface area (Å²) in [6, 6.07) is 8.18. The third kappa shape index (κ3) is 4.82. The normalized spacial score (nSPS) is 11.0. The minimum Gasteiger partial charge on any atom is -0.481 e. The molecule has 6 N–H and O–H groups in total. The fourth-order valence-corrected chi connectivity index (χ4v) is 2.14. The first-order valence-corrected chi connectivity index (χ1v) is 7.94. The number of urea groups is 1. The number of carbonyl (C=O) groups excluding carboxylic acids is 2. The van der Waals surface area contributed by atoms with Crippen molar-refractivity contribution in [2.75, 3.05) is 10.6 Å². The minimum atomic E-state index is -0.946. The van der Waals surface area contributed by atoms with E-state index in [-0.39, 0.29) is 17.9 Å². The van der Waals surface area contributed by atoms with Crippen molar-refractivity contribution < 1.29 is 19.5 Å². The van der Waals surface area contributed by atoms with Gasteiger partial charge in [-0.3, -0.25) is 14.9 Å². The number of nitrogens with zero attached hydrogens (tertiary/aromatic N) is 1. The molecule has 0 atom stereocenters. The van der Waals surface area contributed by atoms with Gasteiger partial charge in [0.05, 0.1) is 5.41 Å². The number of hydrogen-bond acceptors (Lipinski definition) is 4. The lowest BCUT2D eigenvalue weighted by molar-refractivity contribution is -0.147. The summed E-state index contributed by atoms with van der Waals surface area (Å²) in [6.07, 6.45) is 0.575. The molecule has 0 unspecified atom stereocenters. The van der Waals surface area contributed by atoms with Crippen LogP contribution >= 0.6 is 0 Å². The number of anilines is 2. The molecule has 0 saturated heterocycles. The van der Waals surface area contributed by atoms with Crippen LogP contribution in [0.25, 0.3) is 0 Å². The number of nitrogens with two attached hydrogens (primary N) is 1. The number of carbonyl (C=O) groups is 3. The van der Waals surface area contributed by atoms with Crippen LogP contribution in [-0.4, -0.2) is 33.0 Å². The maximum absolute atomic E-state index is 12.1. The molecule has 0 fully saturated rings. The number of para-hydroxylation sites is 1. The van der Waals surface area contributed by atoms with Gasteiger partial charge in [-0.25, -0.2) is 9.78 Å². The van der Waals surface area contributed by atoms with E-state index in [0.29, 0.717) is 17.9 Å². The summed E-state index contributed by atoms with van der Waals surface area (Å²) in [6.45, 7) is 3.19. The number of aromatic nitrogens is 2. The Hall–Kier alpha value is -3.36. The molecule has 26 heavy (non-hydrogen) atoms. The molecule has 9 nitrogen and oxygen atoms in total. The third-order valence-corrected chi connectivity index (χ3v) is 3.83. The first kappa shape index (κ1) is 19.0. The van der Waals surface area contributed by atoms with Gasteiger partial charge in [0.25, 0.3) is 5.91 Å². The predicted octanol–water partition coefficient (Wildman–Crippen LogP) is 2.20. The number of aryl methyl sites for hydroxylation is 1. The molecule has 9 heteroatoms. The first-order valence-electron chi connectivity index (χ1n) is 7.94. The number of imidazole rings is 1. The number of rotatable bonds is 7. The number of benzene rings is 1. The first-order chi connectivity index (χ1) is 12.2. The molecule has 2 rings (SSSR count). The van der Waals surface area contributed by atoms with Crippen LogP contribution < -0.4 is 16.4 Å². The monoisotopic (exact) mass is 359 g/mol. The summed E-state index contributed by atoms with van der Waals surface area (Å²) in [7, 11) is 0. The molecular weight excluding hydrogens is 338 g/mol. The van der Waals surface area contributed by atoms with Gasteiger partial charge in [0, 0.05) is 12.1 Å². The van der Waals surface area contributed by atoms with Crippen LogP contribution in [0.4, 0.5) is 16.3 Å². The molecule has 0 aliphatic heterocycles. The largest absolute Gasteiger partial charge is 0.481 e. The van der Waals surface area contributed by atoms with Crippen molar-refractivity contribution >= 4 is 29.4 Å². The van der Waals surface area contributed by atoms with Gasteiger partial charge >= 0.3 is 12.0 Å². The number of carboxylic acid groups (broad SMARTS) is 1. The lowest BCUT2D eigenvalue weighted by Gasteiger charge is -2.17. The number of H-pyrrole nitrogens is 1. The third-order valence-electron chi connectivity index (χ3n) is 3.83. The zero-order valence-corrected chi connectivity index (χ0v) is 14.5. The van der Waals surface area contributed by atoms with Crippen molar-refractivity contribution in [3.63, 3.8) is 0 Å². The lowest BCUT2D eigenvalue weighted by atomic mass is 9.88. The van der Waals surface area contributed by atoms with E-state index < -0.39 is 23.3 Å². The van der Waals surface area contributed by atoms with E-state index in [1.54, 1.807) is 38.1 Å². The minimum absolute atomic E-state index is 0.00550. The van der Waals surface area contributed by atoms with E-state index in [1.807, 2.05) is 6.07 Å². The SMILES string of the molecule is CC(C)(CCc1nc(NC(=O)Nc2ccccc2)c(C(N)=O)[nH]1)C(=O)O. The van der Waals surface area contributed by atoms with E-state index in [2.05, 4.69) is 20.6 Å². The number of aliphatic carboxylic acids is 1. The van der Waals surface area contributed by atoms with E-state index in [9.17, 15) is 14.4 Å². The fraction of sp³-hybridized carbons (Fsp3) is 0.294. The van der Waals surface area contributed by atoms with Crippen molar-refractivity contribution in [1.82, 2.24) is 9.97 Å². The highest BCUT2D eigenvalue weighted by Gasteiger charge is 2.27. The Morgan fingerprint density at radius 3 is 2.42 bits per heavy atom. The van der Waals surface area contributed by atoms with Crippen LogP contribution in [0.1, 0.15) is 36.6 Å². The second kappa shape index (κ2) is 7.68. The maximum atomic E-state index is 12.1. The van der Waals surface area contributed by atoms with Gasteiger partial charge in [-0.1, -0.05) is 18.2 Å². The number of nitrogens with one attached hydrogen (secondary N) is 3. The number of primary amides is 1. The molecule has 0 aliphatic rings. The van der Waals surface area contributed by atoms with Crippen LogP contribution in [-0.2, 0) is 11.2 Å². The second-order valence-corrected chi connectivity index (χ2v) is 6.41. The van der Waals surface area contributed by atoms with Crippen molar-refractivity contribution in [2.24, 2.45) is 11.1 Å². The van der Waals surface area contributed by atoms with E-state index in [0.717, 1.165) is 0 Å². The Kier molecular flexibility index (Phi) is 5.61. The molecule has 0 saturated carbocycles. The van der Waals surface area contributed by atoms with Gasteiger partial charge in [-0.2, -0.15) is 0 Å². The Bertz CT molecular complexity index is 814. The lowest BCUT2D eigenvalue weighted by Crippen LogP contribution is -2.24. The van der Waals surface area contributed by atoms with Gasteiger partial charge in [-0.05, 0) is 32.4 Å². The average molecular weight is 359 g/mol. The predicted molar refractivity (Wildman–Crippen MR) is 95.9 cm³/mol. The van der Waals surface area contributed by atoms with Gasteiger partial charge in [0.15, 0.2) is 5.82 Å². The highest BCUT2D eigenvalue weighted by Crippen LogP contribution is 2.23. The molecule has 2 aromatic rings. The van der Waals surface area contributed by atoms with Gasteiger partial charge in [0.1, 0.15) is 11.5 Å². The molecule has 0 spiro atoms. The molecule has 138 valence electrons. The molecule has 0 aliphatic carbocycles. The molecular formula is C17H21N5O4. The van der Waals surface area contributed by atoms with Crippen LogP contribution in [0.15, 0.2) is 30.3 Å². The zero-order valence-electron chi connectivity index (χ0n) is 14.5. The van der Waals surface area contributed by atoms with Crippen LogP contribution in [0, 0.1) is 5.41 Å². The molecule has 1 aromatic heterocycles. The van der Waals surface area contributed by atoms with Crippen molar-refractivity contribution in [3.8, 4) is 0 Å². The molecule has 1 aromatic carbocycles. The summed E-state index contributed by atoms with van der Waals surface area (Å²) >= 11 is 0. The molecule has 0 bridgehead atoms. The quantitative estimate of drug-likeness (QED) is 0.513. The molecule has 0 radical (unpaired) electrons. The second-order valence-electron chi connectivity index (χ2n) is 6.41. The zero-order chi connectivity index (χ0) is 19.3. The summed E-state index contributed by atoms with van der Waals surface area (Å²) in [5, 5.41) is 14.2. The fourth-order valence-electron chi connectivity index (χ4n) is 2.14. The number of aromatic amines is 1. The molecule has 1 heterocycles. The smallest absolute Gasteiger partial charge is 0.324 e. The molecule has 3 amide bonds. The van der Waals surface area contributed by atoms with Crippen molar-refractivity contribution in [2.45, 2.75) is 26.7 Å². The maximum Gasteiger partial charge on any atom is 0.324 e. The Balaban J connectivity index is 2.10. The summed E-state index contributed by atoms with van der Waals surface area (Å²) in [4.78, 5) is 41.7. The summed E-state index contributed by atoms with van der Waals surface area (Å²) < 4.78 is 0. The highest BCUT2D eigenvalue weighted by atomic mass is 16.4. The standard InChI is InChI=1S/C17H21N5O4/c1-17(2,15(24)25)9-8-11-20-12(13(18)23)14(21-11)22-16(26)19-10-6-4-3-5-7-10/h3-7H,8-9H2,1-2H3,(H2,18,23)(H,20,21)(H,24,25)(H2,19,22,26). The van der Waals surface area contributed by atoms with Crippen molar-refractivity contribution in [3.05, 3.63) is 41.9 Å². The summed E-state index contributed by atoms with van der Waals surface area (Å²) in [5.74, 6) is -1.35. The Labute approximate surface area is 150 Å². The Morgan fingerprint density at radius 2 is 1.85 bits per heavy atom. The number of carboxylic acids is 1. The highest BCUT2D eigenvalue weighted by molar-refractivity contribution is 6.04. The van der Waals surface area contributed by atoms with Gasteiger partial charge in [-0.15, -0.1) is 0 Å². The van der Waals surface area contributed by atoms with Gasteiger partial charge < -0.3 is 21.1 Å². The van der Waals surface area contributed by atoms with Crippen LogP contribution in [0.3, 0.4) is 0 Å². The Morgan fingerprint density at radius 1 is 1.19 bits per heavy atom. The number of amides is 3. The number of hydrogen-bond donors (Lipinski definition) is 5. The summed E-state index contributed by atoms with van der Waals surface area (Å²) in [5.41, 5.74) is 4.89. The van der Waals surface area contributed by atoms with E-state index in [4.69, 9.17) is 10.8 Å². The van der Waals surface area contributed by atoms with Gasteiger partial charge in [0.2, 0.25) is 0 Å². The van der Waals surface area contributed by atoms with Crippen molar-refractivity contribution in [1.29, 1.82) is 0 Å². The van der Waals surface area contributed by atoms with E-state index in [1.165, 1.54) is 0 Å². The van der Waals surface area contributed by atoms with Crippen LogP contribution in [0.5, 0.6) is 0 Å². The van der Waals surface area contributed by atoms with E-state index >= 15 is 0 Å².